The van der Waals surface area contributed by atoms with Crippen molar-refractivity contribution >= 4 is 43.9 Å². The van der Waals surface area contributed by atoms with Gasteiger partial charge in [0.25, 0.3) is 5.91 Å². The molecule has 33 heavy (non-hydrogen) atoms. The molecule has 2 heterocycles. The molecule has 0 saturated heterocycles. The molecular formula is C23H16ClF2N3O3S. The Morgan fingerprint density at radius 3 is 2.58 bits per heavy atom. The van der Waals surface area contributed by atoms with Crippen molar-refractivity contribution in [2.75, 3.05) is 11.2 Å². The predicted molar refractivity (Wildman–Crippen MR) is 121 cm³/mol. The average Bonchev–Trinajstić information content (AvgIpc) is 2.77. The fraction of sp³-hybridized carbons (Fsp3) is 0.0870. The van der Waals surface area contributed by atoms with E-state index in [9.17, 15) is 22.0 Å². The fourth-order valence-electron chi connectivity index (χ4n) is 3.41. The van der Waals surface area contributed by atoms with Crippen molar-refractivity contribution in [1.29, 1.82) is 0 Å². The van der Waals surface area contributed by atoms with E-state index in [0.29, 0.717) is 5.56 Å². The summed E-state index contributed by atoms with van der Waals surface area (Å²) in [5.74, 6) is -1.95. The highest BCUT2D eigenvalue weighted by Gasteiger charge is 2.25. The molecule has 1 amide bonds. The number of anilines is 1. The molecule has 0 saturated carbocycles. The zero-order chi connectivity index (χ0) is 23.8. The van der Waals surface area contributed by atoms with Gasteiger partial charge in [0.15, 0.2) is 9.84 Å². The van der Waals surface area contributed by atoms with Gasteiger partial charge in [-0.05, 0) is 60.2 Å². The SMILES string of the molecule is CS(=O)(=O)c1cc(F)ccc1N(Cc1cc(F)c2ccc(Cl)nc2c1)C(=O)c1cccnc1. The molecule has 6 nitrogen and oxygen atoms in total. The molecule has 4 aromatic rings. The molecule has 0 aliphatic rings. The smallest absolute Gasteiger partial charge is 0.260 e. The van der Waals surface area contributed by atoms with Crippen LogP contribution in [0.15, 0.2) is 71.9 Å². The minimum absolute atomic E-state index is 0.0488. The number of hydrogen-bond acceptors (Lipinski definition) is 5. The number of hydrogen-bond donors (Lipinski definition) is 0. The van der Waals surface area contributed by atoms with Crippen LogP contribution in [-0.2, 0) is 16.4 Å². The first-order chi connectivity index (χ1) is 15.6. The molecule has 0 bridgehead atoms. The number of fused-ring (bicyclic) bond motifs is 1. The Bertz CT molecular complexity index is 1480. The monoisotopic (exact) mass is 487 g/mol. The van der Waals surface area contributed by atoms with Crippen molar-refractivity contribution < 1.29 is 22.0 Å². The molecule has 0 aliphatic carbocycles. The van der Waals surface area contributed by atoms with Gasteiger partial charge in [-0.3, -0.25) is 9.78 Å². The summed E-state index contributed by atoms with van der Waals surface area (Å²) >= 11 is 5.93. The predicted octanol–water partition coefficient (Wildman–Crippen LogP) is 4.81. The Hall–Kier alpha value is -3.43. The normalized spacial score (nSPS) is 11.5. The van der Waals surface area contributed by atoms with Crippen molar-refractivity contribution in [1.82, 2.24) is 9.97 Å². The second-order valence-corrected chi connectivity index (χ2v) is 9.67. The van der Waals surface area contributed by atoms with E-state index in [1.165, 1.54) is 42.7 Å². The Morgan fingerprint density at radius 1 is 1.09 bits per heavy atom. The zero-order valence-corrected chi connectivity index (χ0v) is 18.7. The highest BCUT2D eigenvalue weighted by molar-refractivity contribution is 7.90. The summed E-state index contributed by atoms with van der Waals surface area (Å²) in [6.45, 7) is -0.219. The van der Waals surface area contributed by atoms with Crippen LogP contribution in [-0.4, -0.2) is 30.5 Å². The van der Waals surface area contributed by atoms with E-state index in [-0.39, 0.29) is 38.7 Å². The molecule has 0 radical (unpaired) electrons. The maximum atomic E-state index is 14.7. The molecule has 0 N–H and O–H groups in total. The third-order valence-electron chi connectivity index (χ3n) is 4.89. The van der Waals surface area contributed by atoms with Crippen LogP contribution in [0.5, 0.6) is 0 Å². The second-order valence-electron chi connectivity index (χ2n) is 7.30. The minimum atomic E-state index is -3.91. The van der Waals surface area contributed by atoms with Gasteiger partial charge in [0.1, 0.15) is 16.8 Å². The van der Waals surface area contributed by atoms with E-state index in [1.807, 2.05) is 0 Å². The van der Waals surface area contributed by atoms with Crippen molar-refractivity contribution in [3.05, 3.63) is 94.9 Å². The van der Waals surface area contributed by atoms with Crippen LogP contribution in [0.1, 0.15) is 15.9 Å². The molecule has 0 spiro atoms. The van der Waals surface area contributed by atoms with Crippen LogP contribution in [0, 0.1) is 11.6 Å². The van der Waals surface area contributed by atoms with Crippen molar-refractivity contribution in [3.63, 3.8) is 0 Å². The number of rotatable bonds is 5. The quantitative estimate of drug-likeness (QED) is 0.377. The number of carbonyl (C=O) groups is 1. The molecule has 0 aliphatic heterocycles. The van der Waals surface area contributed by atoms with Gasteiger partial charge >= 0.3 is 0 Å². The van der Waals surface area contributed by atoms with Crippen molar-refractivity contribution in [2.24, 2.45) is 0 Å². The largest absolute Gasteiger partial charge is 0.303 e. The number of amides is 1. The van der Waals surface area contributed by atoms with Crippen molar-refractivity contribution in [3.8, 4) is 0 Å². The Morgan fingerprint density at radius 2 is 1.88 bits per heavy atom. The average molecular weight is 488 g/mol. The standard InChI is InChI=1S/C23H16ClF2N3O3S/c1-33(31,32)21-11-16(25)4-6-20(21)29(23(30)15-3-2-8-27-12-15)13-14-9-18(26)17-5-7-22(24)28-19(17)10-14/h2-12H,13H2,1H3. The summed E-state index contributed by atoms with van der Waals surface area (Å²) in [4.78, 5) is 22.2. The van der Waals surface area contributed by atoms with E-state index in [0.717, 1.165) is 23.3 Å². The summed E-state index contributed by atoms with van der Waals surface area (Å²) in [6, 6.07) is 11.9. The van der Waals surface area contributed by atoms with Crippen LogP contribution in [0.4, 0.5) is 14.5 Å². The lowest BCUT2D eigenvalue weighted by Crippen LogP contribution is -2.32. The molecule has 2 aromatic carbocycles. The summed E-state index contributed by atoms with van der Waals surface area (Å²) in [5, 5.41) is 0.409. The van der Waals surface area contributed by atoms with Crippen LogP contribution >= 0.6 is 11.6 Å². The van der Waals surface area contributed by atoms with Crippen LogP contribution in [0.3, 0.4) is 0 Å². The number of halogens is 3. The maximum absolute atomic E-state index is 14.7. The lowest BCUT2D eigenvalue weighted by Gasteiger charge is -2.25. The van der Waals surface area contributed by atoms with Crippen LogP contribution in [0.25, 0.3) is 10.9 Å². The zero-order valence-electron chi connectivity index (χ0n) is 17.2. The van der Waals surface area contributed by atoms with E-state index in [4.69, 9.17) is 11.6 Å². The number of pyridine rings is 2. The van der Waals surface area contributed by atoms with Gasteiger partial charge in [0.2, 0.25) is 0 Å². The van der Waals surface area contributed by atoms with Crippen LogP contribution in [0.2, 0.25) is 5.15 Å². The molecule has 2 aromatic heterocycles. The first-order valence-corrected chi connectivity index (χ1v) is 11.9. The molecular weight excluding hydrogens is 472 g/mol. The van der Waals surface area contributed by atoms with Gasteiger partial charge in [-0.1, -0.05) is 11.6 Å². The van der Waals surface area contributed by atoms with Gasteiger partial charge < -0.3 is 4.90 Å². The Kier molecular flexibility index (Phi) is 6.09. The number of aromatic nitrogens is 2. The Labute approximate surface area is 193 Å². The van der Waals surface area contributed by atoms with Gasteiger partial charge in [0, 0.05) is 24.0 Å². The molecule has 0 atom stereocenters. The van der Waals surface area contributed by atoms with Gasteiger partial charge in [0.05, 0.1) is 28.2 Å². The summed E-state index contributed by atoms with van der Waals surface area (Å²) in [5.41, 5.74) is 0.723. The first kappa shape index (κ1) is 22.8. The molecule has 168 valence electrons. The molecule has 10 heteroatoms. The summed E-state index contributed by atoms with van der Waals surface area (Å²) < 4.78 is 53.4. The summed E-state index contributed by atoms with van der Waals surface area (Å²) in [6.07, 6.45) is 3.72. The molecule has 4 rings (SSSR count). The lowest BCUT2D eigenvalue weighted by molar-refractivity contribution is 0.0984. The fourth-order valence-corrected chi connectivity index (χ4v) is 4.45. The third-order valence-corrected chi connectivity index (χ3v) is 6.23. The number of sulfone groups is 1. The topological polar surface area (TPSA) is 80.2 Å². The molecule has 0 unspecified atom stereocenters. The lowest BCUT2D eigenvalue weighted by atomic mass is 10.1. The van der Waals surface area contributed by atoms with E-state index in [2.05, 4.69) is 9.97 Å². The van der Waals surface area contributed by atoms with Gasteiger partial charge in [-0.25, -0.2) is 22.2 Å². The first-order valence-electron chi connectivity index (χ1n) is 9.59. The number of carbonyl (C=O) groups excluding carboxylic acids is 1. The van der Waals surface area contributed by atoms with E-state index >= 15 is 0 Å². The number of nitrogens with zero attached hydrogens (tertiary/aromatic N) is 3. The number of benzene rings is 2. The second kappa shape index (κ2) is 8.84. The maximum Gasteiger partial charge on any atom is 0.260 e. The van der Waals surface area contributed by atoms with Crippen molar-refractivity contribution in [2.45, 2.75) is 11.4 Å². The van der Waals surface area contributed by atoms with Gasteiger partial charge in [-0.15, -0.1) is 0 Å². The summed E-state index contributed by atoms with van der Waals surface area (Å²) in [7, 11) is -3.91. The van der Waals surface area contributed by atoms with Crippen LogP contribution < -0.4 is 4.90 Å². The third kappa shape index (κ3) is 4.84. The highest BCUT2D eigenvalue weighted by atomic mass is 35.5. The van der Waals surface area contributed by atoms with Gasteiger partial charge in [-0.2, -0.15) is 0 Å². The van der Waals surface area contributed by atoms with E-state index in [1.54, 1.807) is 12.1 Å². The minimum Gasteiger partial charge on any atom is -0.303 e. The Balaban J connectivity index is 1.88. The van der Waals surface area contributed by atoms with E-state index < -0.39 is 27.4 Å². The molecule has 0 fully saturated rings. The highest BCUT2D eigenvalue weighted by Crippen LogP contribution is 2.30.